The zero-order chi connectivity index (χ0) is 17.7. The second-order valence-electron chi connectivity index (χ2n) is 5.24. The van der Waals surface area contributed by atoms with E-state index in [-0.39, 0.29) is 11.8 Å². The molecule has 0 aliphatic carbocycles. The Morgan fingerprint density at radius 2 is 1.67 bits per heavy atom. The summed E-state index contributed by atoms with van der Waals surface area (Å²) in [5.41, 5.74) is 2.65. The number of nitrogens with one attached hydrogen (secondary N) is 2. The van der Waals surface area contributed by atoms with E-state index in [1.807, 2.05) is 6.92 Å². The maximum atomic E-state index is 12.4. The fourth-order valence-corrected chi connectivity index (χ4v) is 2.14. The molecule has 124 valence electrons. The number of hydrogen-bond acceptors (Lipinski definition) is 4. The summed E-state index contributed by atoms with van der Waals surface area (Å²) in [4.78, 5) is 35.1. The van der Waals surface area contributed by atoms with Gasteiger partial charge in [0.05, 0.1) is 12.7 Å². The molecule has 0 unspecified atom stereocenters. The Balaban J connectivity index is 2.23. The molecule has 0 aromatic heterocycles. The van der Waals surface area contributed by atoms with Gasteiger partial charge in [-0.25, -0.2) is 4.79 Å². The lowest BCUT2D eigenvalue weighted by Gasteiger charge is -2.11. The van der Waals surface area contributed by atoms with Gasteiger partial charge in [0.1, 0.15) is 0 Å². The Kier molecular flexibility index (Phi) is 5.31. The number of benzene rings is 2. The molecule has 0 bridgehead atoms. The molecule has 0 saturated heterocycles. The van der Waals surface area contributed by atoms with Crippen molar-refractivity contribution in [2.24, 2.45) is 0 Å². The van der Waals surface area contributed by atoms with Crippen molar-refractivity contribution in [2.75, 3.05) is 17.7 Å². The Morgan fingerprint density at radius 3 is 2.33 bits per heavy atom. The normalized spacial score (nSPS) is 9.96. The third-order valence-electron chi connectivity index (χ3n) is 3.35. The topological polar surface area (TPSA) is 84.5 Å². The molecule has 2 amide bonds. The number of carbonyl (C=O) groups excluding carboxylic acids is 3. The number of amides is 2. The molecule has 0 aliphatic rings. The summed E-state index contributed by atoms with van der Waals surface area (Å²) in [5.74, 6) is -1.06. The standard InChI is InChI=1S/C18H18N2O4/c1-11-7-8-15(19-12(2)21)10-16(11)20-17(22)13-5-4-6-14(9-13)18(23)24-3/h4-10H,1-3H3,(H,19,21)(H,20,22). The van der Waals surface area contributed by atoms with Crippen LogP contribution in [0, 0.1) is 6.92 Å². The summed E-state index contributed by atoms with van der Waals surface area (Å²) in [6, 6.07) is 11.5. The van der Waals surface area contributed by atoms with Gasteiger partial charge in [-0.15, -0.1) is 0 Å². The average molecular weight is 326 g/mol. The van der Waals surface area contributed by atoms with Crippen LogP contribution in [-0.4, -0.2) is 24.9 Å². The molecular weight excluding hydrogens is 308 g/mol. The molecule has 6 nitrogen and oxygen atoms in total. The van der Waals surface area contributed by atoms with E-state index in [4.69, 9.17) is 0 Å². The summed E-state index contributed by atoms with van der Waals surface area (Å²) in [7, 11) is 1.28. The predicted molar refractivity (Wildman–Crippen MR) is 91.2 cm³/mol. The van der Waals surface area contributed by atoms with Crippen LogP contribution in [0.3, 0.4) is 0 Å². The fraction of sp³-hybridized carbons (Fsp3) is 0.167. The van der Waals surface area contributed by atoms with Gasteiger partial charge in [-0.05, 0) is 42.8 Å². The van der Waals surface area contributed by atoms with E-state index in [0.717, 1.165) is 5.56 Å². The molecule has 0 saturated carbocycles. The predicted octanol–water partition coefficient (Wildman–Crippen LogP) is 2.99. The van der Waals surface area contributed by atoms with E-state index in [9.17, 15) is 14.4 Å². The second kappa shape index (κ2) is 7.41. The lowest BCUT2D eigenvalue weighted by atomic mass is 10.1. The second-order valence-corrected chi connectivity index (χ2v) is 5.24. The number of ether oxygens (including phenoxy) is 1. The molecule has 6 heteroatoms. The number of esters is 1. The van der Waals surface area contributed by atoms with Gasteiger partial charge in [-0.1, -0.05) is 12.1 Å². The summed E-state index contributed by atoms with van der Waals surface area (Å²) in [6.45, 7) is 3.26. The highest BCUT2D eigenvalue weighted by Crippen LogP contribution is 2.21. The van der Waals surface area contributed by atoms with Crippen molar-refractivity contribution in [3.8, 4) is 0 Å². The Morgan fingerprint density at radius 1 is 0.958 bits per heavy atom. The van der Waals surface area contributed by atoms with E-state index < -0.39 is 5.97 Å². The molecule has 24 heavy (non-hydrogen) atoms. The number of hydrogen-bond donors (Lipinski definition) is 2. The first-order chi connectivity index (χ1) is 11.4. The summed E-state index contributed by atoms with van der Waals surface area (Å²) in [5, 5.41) is 5.45. The largest absolute Gasteiger partial charge is 0.465 e. The van der Waals surface area contributed by atoms with Crippen LogP contribution in [0.2, 0.25) is 0 Å². The quantitative estimate of drug-likeness (QED) is 0.846. The molecule has 0 radical (unpaired) electrons. The molecular formula is C18H18N2O4. The number of methoxy groups -OCH3 is 1. The van der Waals surface area contributed by atoms with Crippen molar-refractivity contribution in [3.63, 3.8) is 0 Å². The highest BCUT2D eigenvalue weighted by atomic mass is 16.5. The molecule has 0 aliphatic heterocycles. The van der Waals surface area contributed by atoms with Crippen molar-refractivity contribution in [3.05, 3.63) is 59.2 Å². The van der Waals surface area contributed by atoms with E-state index in [1.165, 1.54) is 20.1 Å². The number of anilines is 2. The molecule has 2 rings (SSSR count). The highest BCUT2D eigenvalue weighted by Gasteiger charge is 2.12. The molecule has 0 atom stereocenters. The minimum absolute atomic E-state index is 0.193. The lowest BCUT2D eigenvalue weighted by Crippen LogP contribution is -2.14. The van der Waals surface area contributed by atoms with Crippen LogP contribution in [0.5, 0.6) is 0 Å². The van der Waals surface area contributed by atoms with Crippen molar-refractivity contribution in [1.82, 2.24) is 0 Å². The third kappa shape index (κ3) is 4.19. The minimum Gasteiger partial charge on any atom is -0.465 e. The van der Waals surface area contributed by atoms with E-state index in [0.29, 0.717) is 22.5 Å². The molecule has 2 aromatic carbocycles. The monoisotopic (exact) mass is 326 g/mol. The van der Waals surface area contributed by atoms with E-state index in [1.54, 1.807) is 36.4 Å². The maximum absolute atomic E-state index is 12.4. The van der Waals surface area contributed by atoms with Gasteiger partial charge < -0.3 is 15.4 Å². The smallest absolute Gasteiger partial charge is 0.337 e. The van der Waals surface area contributed by atoms with Crippen LogP contribution < -0.4 is 10.6 Å². The molecule has 2 aromatic rings. The van der Waals surface area contributed by atoms with Gasteiger partial charge in [0.25, 0.3) is 5.91 Å². The summed E-state index contributed by atoms with van der Waals surface area (Å²) >= 11 is 0. The summed E-state index contributed by atoms with van der Waals surface area (Å²) < 4.78 is 4.65. The Bertz CT molecular complexity index is 799. The Labute approximate surface area is 139 Å². The van der Waals surface area contributed by atoms with Gasteiger partial charge in [0.2, 0.25) is 5.91 Å². The molecule has 0 fully saturated rings. The van der Waals surface area contributed by atoms with Crippen molar-refractivity contribution < 1.29 is 19.1 Å². The van der Waals surface area contributed by atoms with Crippen LogP contribution in [0.4, 0.5) is 11.4 Å². The van der Waals surface area contributed by atoms with Gasteiger partial charge in [0, 0.05) is 23.9 Å². The lowest BCUT2D eigenvalue weighted by molar-refractivity contribution is -0.114. The average Bonchev–Trinajstić information content (AvgIpc) is 2.56. The fourth-order valence-electron chi connectivity index (χ4n) is 2.14. The highest BCUT2D eigenvalue weighted by molar-refractivity contribution is 6.06. The van der Waals surface area contributed by atoms with Gasteiger partial charge in [-0.2, -0.15) is 0 Å². The third-order valence-corrected chi connectivity index (χ3v) is 3.35. The van der Waals surface area contributed by atoms with Gasteiger partial charge in [0.15, 0.2) is 0 Å². The maximum Gasteiger partial charge on any atom is 0.337 e. The molecule has 2 N–H and O–H groups in total. The molecule has 0 heterocycles. The van der Waals surface area contributed by atoms with Crippen molar-refractivity contribution in [2.45, 2.75) is 13.8 Å². The van der Waals surface area contributed by atoms with Crippen molar-refractivity contribution >= 4 is 29.2 Å². The number of carbonyl (C=O) groups is 3. The number of aryl methyl sites for hydroxylation is 1. The summed E-state index contributed by atoms with van der Waals surface area (Å²) in [6.07, 6.45) is 0. The van der Waals surface area contributed by atoms with Crippen LogP contribution in [0.1, 0.15) is 33.2 Å². The first-order valence-corrected chi connectivity index (χ1v) is 7.28. The van der Waals surface area contributed by atoms with Gasteiger partial charge in [-0.3, -0.25) is 9.59 Å². The van der Waals surface area contributed by atoms with Crippen molar-refractivity contribution in [1.29, 1.82) is 0 Å². The first-order valence-electron chi connectivity index (χ1n) is 7.28. The minimum atomic E-state index is -0.506. The van der Waals surface area contributed by atoms with Crippen LogP contribution in [0.15, 0.2) is 42.5 Å². The number of rotatable bonds is 4. The Hall–Kier alpha value is -3.15. The first kappa shape index (κ1) is 17.2. The van der Waals surface area contributed by atoms with Crippen LogP contribution in [-0.2, 0) is 9.53 Å². The van der Waals surface area contributed by atoms with Crippen LogP contribution in [0.25, 0.3) is 0 Å². The SMILES string of the molecule is COC(=O)c1cccc(C(=O)Nc2cc(NC(C)=O)ccc2C)c1. The zero-order valence-corrected chi connectivity index (χ0v) is 13.7. The van der Waals surface area contributed by atoms with Gasteiger partial charge >= 0.3 is 5.97 Å². The molecule has 0 spiro atoms. The van der Waals surface area contributed by atoms with E-state index in [2.05, 4.69) is 15.4 Å². The zero-order valence-electron chi connectivity index (χ0n) is 13.7. The van der Waals surface area contributed by atoms with E-state index >= 15 is 0 Å². The van der Waals surface area contributed by atoms with Crippen LogP contribution >= 0.6 is 0 Å².